The molecule has 0 amide bonds. The summed E-state index contributed by atoms with van der Waals surface area (Å²) in [5, 5.41) is 9.93. The van der Waals surface area contributed by atoms with Crippen LogP contribution in [-0.4, -0.2) is 31.0 Å². The minimum absolute atomic E-state index is 0. The Bertz CT molecular complexity index is 97.7. The minimum atomic E-state index is -1.01. The molecule has 0 aromatic heterocycles. The van der Waals surface area contributed by atoms with Crippen molar-refractivity contribution in [2.45, 2.75) is 13.3 Å². The molecule has 0 saturated carbocycles. The van der Waals surface area contributed by atoms with Crippen molar-refractivity contribution in [3.63, 3.8) is 0 Å². The first-order valence-electron chi connectivity index (χ1n) is 3.05. The zero-order valence-electron chi connectivity index (χ0n) is 6.89. The van der Waals surface area contributed by atoms with Gasteiger partial charge in [-0.05, 0) is 20.0 Å². The van der Waals surface area contributed by atoms with Gasteiger partial charge < -0.3 is 14.8 Å². The average molecular weight is 169 g/mol. The number of aliphatic carboxylic acids is 1. The Morgan fingerprint density at radius 2 is 2.10 bits per heavy atom. The van der Waals surface area contributed by atoms with Gasteiger partial charge in [-0.15, -0.1) is 0 Å². The molecule has 0 aromatic carbocycles. The smallest absolute Gasteiger partial charge is 0.549 e. The second kappa shape index (κ2) is 8.17. The van der Waals surface area contributed by atoms with Crippen LogP contribution in [0.4, 0.5) is 0 Å². The maximum Gasteiger partial charge on any atom is 1.00 e. The standard InChI is InChI=1S/C6H13NO2.K/c1-3-4-7(2)5-6(8)9;/h3-5H2,1-2H3,(H,8,9);/q;+1/p-1. The van der Waals surface area contributed by atoms with Crippen molar-refractivity contribution in [3.8, 4) is 0 Å². The van der Waals surface area contributed by atoms with Crippen LogP contribution in [-0.2, 0) is 4.79 Å². The number of carboxylic acids is 1. The number of hydrogen-bond acceptors (Lipinski definition) is 3. The first kappa shape index (κ1) is 13.6. The monoisotopic (exact) mass is 169 g/mol. The summed E-state index contributed by atoms with van der Waals surface area (Å²) in [5.41, 5.74) is 0. The average Bonchev–Trinajstić information content (AvgIpc) is 1.63. The van der Waals surface area contributed by atoms with E-state index in [-0.39, 0.29) is 57.9 Å². The zero-order valence-corrected chi connectivity index (χ0v) is 10.0. The number of carbonyl (C=O) groups is 1. The number of nitrogens with zero attached hydrogens (tertiary/aromatic N) is 1. The molecular weight excluding hydrogens is 157 g/mol. The van der Waals surface area contributed by atoms with Crippen molar-refractivity contribution in [1.29, 1.82) is 0 Å². The van der Waals surface area contributed by atoms with Crippen molar-refractivity contribution in [2.75, 3.05) is 20.1 Å². The van der Waals surface area contributed by atoms with E-state index >= 15 is 0 Å². The molecule has 0 fully saturated rings. The molecule has 0 bridgehead atoms. The van der Waals surface area contributed by atoms with E-state index in [0.717, 1.165) is 13.0 Å². The van der Waals surface area contributed by atoms with Gasteiger partial charge in [0, 0.05) is 6.54 Å². The molecule has 4 heteroatoms. The summed E-state index contributed by atoms with van der Waals surface area (Å²) in [6, 6.07) is 0. The summed E-state index contributed by atoms with van der Waals surface area (Å²) < 4.78 is 0. The van der Waals surface area contributed by atoms with Gasteiger partial charge in [0.25, 0.3) is 0 Å². The van der Waals surface area contributed by atoms with Gasteiger partial charge in [-0.2, -0.15) is 0 Å². The van der Waals surface area contributed by atoms with Crippen molar-refractivity contribution in [2.24, 2.45) is 0 Å². The Labute approximate surface area is 104 Å². The van der Waals surface area contributed by atoms with E-state index in [1.165, 1.54) is 0 Å². The molecule has 0 spiro atoms. The first-order chi connectivity index (χ1) is 4.16. The van der Waals surface area contributed by atoms with E-state index in [2.05, 4.69) is 0 Å². The van der Waals surface area contributed by atoms with Gasteiger partial charge in [0.15, 0.2) is 0 Å². The molecule has 0 aromatic rings. The predicted octanol–water partition coefficient (Wildman–Crippen LogP) is -3.92. The normalized spacial score (nSPS) is 9.10. The molecule has 0 N–H and O–H groups in total. The third-order valence-electron chi connectivity index (χ3n) is 1.00. The van der Waals surface area contributed by atoms with Crippen LogP contribution < -0.4 is 56.5 Å². The van der Waals surface area contributed by atoms with E-state index in [9.17, 15) is 9.90 Å². The van der Waals surface area contributed by atoms with Crippen molar-refractivity contribution in [1.82, 2.24) is 4.90 Å². The summed E-state index contributed by atoms with van der Waals surface area (Å²) in [5.74, 6) is -1.01. The van der Waals surface area contributed by atoms with E-state index in [0.29, 0.717) is 0 Å². The van der Waals surface area contributed by atoms with E-state index < -0.39 is 5.97 Å². The second-order valence-corrected chi connectivity index (χ2v) is 2.11. The molecule has 3 nitrogen and oxygen atoms in total. The maximum absolute atomic E-state index is 9.93. The van der Waals surface area contributed by atoms with Crippen molar-refractivity contribution < 1.29 is 61.3 Å². The molecule has 0 heterocycles. The van der Waals surface area contributed by atoms with Gasteiger partial charge in [-0.25, -0.2) is 0 Å². The van der Waals surface area contributed by atoms with Crippen LogP contribution in [0.1, 0.15) is 13.3 Å². The molecule has 0 rings (SSSR count). The maximum atomic E-state index is 9.93. The third kappa shape index (κ3) is 9.07. The van der Waals surface area contributed by atoms with Gasteiger partial charge in [-0.1, -0.05) is 6.92 Å². The Morgan fingerprint density at radius 3 is 2.40 bits per heavy atom. The van der Waals surface area contributed by atoms with E-state index in [4.69, 9.17) is 0 Å². The fourth-order valence-electron chi connectivity index (χ4n) is 0.681. The van der Waals surface area contributed by atoms with Crippen LogP contribution >= 0.6 is 0 Å². The van der Waals surface area contributed by atoms with Gasteiger partial charge >= 0.3 is 51.4 Å². The molecule has 0 unspecified atom stereocenters. The summed E-state index contributed by atoms with van der Waals surface area (Å²) in [7, 11) is 1.76. The number of hydrogen-bond donors (Lipinski definition) is 0. The molecule has 0 aliphatic heterocycles. The fraction of sp³-hybridized carbons (Fsp3) is 0.833. The van der Waals surface area contributed by atoms with Crippen LogP contribution in [0.15, 0.2) is 0 Å². The Balaban J connectivity index is 0. The third-order valence-corrected chi connectivity index (χ3v) is 1.00. The van der Waals surface area contributed by atoms with Gasteiger partial charge in [-0.3, -0.25) is 0 Å². The van der Waals surface area contributed by atoms with E-state index in [1.807, 2.05) is 6.92 Å². The molecule has 0 radical (unpaired) electrons. The number of rotatable bonds is 4. The quantitative estimate of drug-likeness (QED) is 0.404. The summed E-state index contributed by atoms with van der Waals surface area (Å²) >= 11 is 0. The summed E-state index contributed by atoms with van der Waals surface area (Å²) in [4.78, 5) is 11.6. The van der Waals surface area contributed by atoms with Crippen LogP contribution in [0.3, 0.4) is 0 Å². The van der Waals surface area contributed by atoms with Crippen molar-refractivity contribution in [3.05, 3.63) is 0 Å². The van der Waals surface area contributed by atoms with Crippen LogP contribution in [0.25, 0.3) is 0 Å². The summed E-state index contributed by atoms with van der Waals surface area (Å²) in [6.45, 7) is 2.85. The Morgan fingerprint density at radius 1 is 1.60 bits per heavy atom. The van der Waals surface area contributed by atoms with Gasteiger partial charge in [0.2, 0.25) is 0 Å². The second-order valence-electron chi connectivity index (χ2n) is 2.11. The van der Waals surface area contributed by atoms with Crippen LogP contribution in [0.5, 0.6) is 0 Å². The first-order valence-corrected chi connectivity index (χ1v) is 3.05. The Hall–Kier alpha value is 1.07. The molecule has 0 aliphatic rings. The van der Waals surface area contributed by atoms with Gasteiger partial charge in [0.1, 0.15) is 0 Å². The van der Waals surface area contributed by atoms with Crippen LogP contribution in [0, 0.1) is 0 Å². The van der Waals surface area contributed by atoms with E-state index in [1.54, 1.807) is 11.9 Å². The number of carbonyl (C=O) groups excluding carboxylic acids is 1. The molecule has 0 aliphatic carbocycles. The molecule has 54 valence electrons. The van der Waals surface area contributed by atoms with Gasteiger partial charge in [0.05, 0.1) is 5.97 Å². The minimum Gasteiger partial charge on any atom is -0.549 e. The molecular formula is C6H12KNO2. The largest absolute Gasteiger partial charge is 1.00 e. The topological polar surface area (TPSA) is 43.4 Å². The Kier molecular flexibility index (Phi) is 11.1. The molecule has 10 heavy (non-hydrogen) atoms. The SMILES string of the molecule is CCCN(C)CC(=O)[O-].[K+]. The number of carboxylic acid groups (broad SMARTS) is 1. The number of likely N-dealkylation sites (N-methyl/N-ethyl adjacent to an activating group) is 1. The molecule has 0 atom stereocenters. The van der Waals surface area contributed by atoms with Crippen molar-refractivity contribution >= 4 is 5.97 Å². The molecule has 0 saturated heterocycles. The summed E-state index contributed by atoms with van der Waals surface area (Å²) in [6.07, 6.45) is 0.976. The van der Waals surface area contributed by atoms with Crippen LogP contribution in [0.2, 0.25) is 0 Å². The zero-order chi connectivity index (χ0) is 7.28. The fourth-order valence-corrected chi connectivity index (χ4v) is 0.681. The predicted molar refractivity (Wildman–Crippen MR) is 32.8 cm³/mol.